The van der Waals surface area contributed by atoms with Crippen LogP contribution in [0.3, 0.4) is 0 Å². The molecule has 0 amide bonds. The number of fused-ring (bicyclic) bond motifs is 1. The molecular weight excluding hydrogens is 262 g/mol. The number of aromatic nitrogens is 1. The van der Waals surface area contributed by atoms with Gasteiger partial charge in [-0.2, -0.15) is 0 Å². The minimum atomic E-state index is 0.0582. The summed E-state index contributed by atoms with van der Waals surface area (Å²) in [6.45, 7) is 0.639. The van der Waals surface area contributed by atoms with Gasteiger partial charge in [0.2, 0.25) is 0 Å². The third-order valence-electron chi connectivity index (χ3n) is 4.13. The highest BCUT2D eigenvalue weighted by atomic mass is 16.1. The standard InChI is InChI=1S/C18H19NO2/c20-17(15-6-2-1-3-7-15)10-5-13-19-16-9-4-8-14(16)11-12-18(19)21/h1-3,6-7,11-12H,4-5,8-10,13H2. The molecule has 1 aromatic carbocycles. The normalized spacial score (nSPS) is 13.1. The van der Waals surface area contributed by atoms with Gasteiger partial charge in [-0.1, -0.05) is 36.4 Å². The number of carbonyl (C=O) groups is 1. The van der Waals surface area contributed by atoms with E-state index in [1.54, 1.807) is 6.07 Å². The molecule has 3 nitrogen and oxygen atoms in total. The van der Waals surface area contributed by atoms with Crippen LogP contribution in [-0.2, 0) is 19.4 Å². The lowest BCUT2D eigenvalue weighted by molar-refractivity contribution is 0.0978. The van der Waals surface area contributed by atoms with Gasteiger partial charge in [-0.05, 0) is 31.2 Å². The van der Waals surface area contributed by atoms with Gasteiger partial charge in [0.15, 0.2) is 5.78 Å². The lowest BCUT2D eigenvalue weighted by atomic mass is 10.1. The Bertz CT molecular complexity index is 701. The smallest absolute Gasteiger partial charge is 0.250 e. The first-order valence-electron chi connectivity index (χ1n) is 7.55. The molecule has 108 valence electrons. The summed E-state index contributed by atoms with van der Waals surface area (Å²) >= 11 is 0. The van der Waals surface area contributed by atoms with Crippen molar-refractivity contribution in [3.63, 3.8) is 0 Å². The Labute approximate surface area is 124 Å². The van der Waals surface area contributed by atoms with Gasteiger partial charge in [0.1, 0.15) is 0 Å². The minimum Gasteiger partial charge on any atom is -0.312 e. The Balaban J connectivity index is 1.66. The number of nitrogens with zero attached hydrogens (tertiary/aromatic N) is 1. The summed E-state index contributed by atoms with van der Waals surface area (Å²) in [5.74, 6) is 0.149. The van der Waals surface area contributed by atoms with Crippen molar-refractivity contribution in [2.24, 2.45) is 0 Å². The summed E-state index contributed by atoms with van der Waals surface area (Å²) in [6.07, 6.45) is 4.38. The van der Waals surface area contributed by atoms with Gasteiger partial charge in [0.25, 0.3) is 5.56 Å². The van der Waals surface area contributed by atoms with Crippen LogP contribution in [0.2, 0.25) is 0 Å². The van der Waals surface area contributed by atoms with Crippen molar-refractivity contribution in [2.75, 3.05) is 0 Å². The number of carbonyl (C=O) groups excluding carboxylic acids is 1. The van der Waals surface area contributed by atoms with E-state index in [9.17, 15) is 9.59 Å². The second-order valence-electron chi connectivity index (χ2n) is 5.54. The molecule has 1 aliphatic rings. The number of pyridine rings is 1. The molecule has 0 saturated heterocycles. The largest absolute Gasteiger partial charge is 0.312 e. The van der Waals surface area contributed by atoms with Gasteiger partial charge < -0.3 is 4.57 Å². The van der Waals surface area contributed by atoms with Crippen LogP contribution in [0.5, 0.6) is 0 Å². The predicted octanol–water partition coefficient (Wildman–Crippen LogP) is 3.00. The van der Waals surface area contributed by atoms with Crippen LogP contribution in [0, 0.1) is 0 Å². The van der Waals surface area contributed by atoms with Crippen molar-refractivity contribution in [2.45, 2.75) is 38.6 Å². The average molecular weight is 281 g/mol. The van der Waals surface area contributed by atoms with Crippen LogP contribution in [0.15, 0.2) is 47.3 Å². The van der Waals surface area contributed by atoms with Crippen molar-refractivity contribution in [3.8, 4) is 0 Å². The summed E-state index contributed by atoms with van der Waals surface area (Å²) in [5.41, 5.74) is 3.28. The quantitative estimate of drug-likeness (QED) is 0.790. The van der Waals surface area contributed by atoms with Crippen molar-refractivity contribution in [1.29, 1.82) is 0 Å². The molecular formula is C18H19NO2. The number of rotatable bonds is 5. The highest BCUT2D eigenvalue weighted by Gasteiger charge is 2.15. The lowest BCUT2D eigenvalue weighted by Gasteiger charge is -2.11. The highest BCUT2D eigenvalue weighted by molar-refractivity contribution is 5.95. The van der Waals surface area contributed by atoms with Gasteiger partial charge in [0.05, 0.1) is 0 Å². The molecule has 0 atom stereocenters. The molecule has 0 unspecified atom stereocenters. The van der Waals surface area contributed by atoms with Crippen molar-refractivity contribution < 1.29 is 4.79 Å². The molecule has 21 heavy (non-hydrogen) atoms. The Morgan fingerprint density at radius 1 is 1.05 bits per heavy atom. The molecule has 1 heterocycles. The molecule has 0 spiro atoms. The highest BCUT2D eigenvalue weighted by Crippen LogP contribution is 2.20. The summed E-state index contributed by atoms with van der Waals surface area (Å²) < 4.78 is 1.86. The van der Waals surface area contributed by atoms with Crippen LogP contribution < -0.4 is 5.56 Å². The van der Waals surface area contributed by atoms with E-state index in [4.69, 9.17) is 0 Å². The summed E-state index contributed by atoms with van der Waals surface area (Å²) in [7, 11) is 0. The molecule has 0 saturated carbocycles. The number of benzene rings is 1. The third-order valence-corrected chi connectivity index (χ3v) is 4.13. The van der Waals surface area contributed by atoms with Crippen LogP contribution in [0.4, 0.5) is 0 Å². The van der Waals surface area contributed by atoms with Gasteiger partial charge in [-0.15, -0.1) is 0 Å². The zero-order chi connectivity index (χ0) is 14.7. The number of aryl methyl sites for hydroxylation is 1. The van der Waals surface area contributed by atoms with E-state index in [2.05, 4.69) is 0 Å². The van der Waals surface area contributed by atoms with Crippen molar-refractivity contribution in [3.05, 3.63) is 69.6 Å². The molecule has 0 N–H and O–H groups in total. The number of ketones is 1. The fourth-order valence-electron chi connectivity index (χ4n) is 3.05. The first-order chi connectivity index (χ1) is 10.3. The molecule has 0 bridgehead atoms. The van der Waals surface area contributed by atoms with Crippen LogP contribution >= 0.6 is 0 Å². The Morgan fingerprint density at radius 2 is 1.86 bits per heavy atom. The van der Waals surface area contributed by atoms with Gasteiger partial charge in [-0.3, -0.25) is 9.59 Å². The SMILES string of the molecule is O=C(CCCn1c2c(ccc1=O)CCC2)c1ccccc1. The first-order valence-corrected chi connectivity index (χ1v) is 7.55. The average Bonchev–Trinajstić information content (AvgIpc) is 2.99. The van der Waals surface area contributed by atoms with Crippen LogP contribution in [0.1, 0.15) is 40.9 Å². The minimum absolute atomic E-state index is 0.0582. The number of Topliss-reactive ketones (excluding diaryl/α,β-unsaturated/α-hetero) is 1. The molecule has 1 aliphatic carbocycles. The van der Waals surface area contributed by atoms with E-state index in [-0.39, 0.29) is 11.3 Å². The van der Waals surface area contributed by atoms with Gasteiger partial charge in [-0.25, -0.2) is 0 Å². The fourth-order valence-corrected chi connectivity index (χ4v) is 3.05. The third kappa shape index (κ3) is 2.97. The number of hydrogen-bond donors (Lipinski definition) is 0. The zero-order valence-corrected chi connectivity index (χ0v) is 12.0. The fraction of sp³-hybridized carbons (Fsp3) is 0.333. The monoisotopic (exact) mass is 281 g/mol. The first kappa shape index (κ1) is 13.8. The second-order valence-corrected chi connectivity index (χ2v) is 5.54. The van der Waals surface area contributed by atoms with E-state index >= 15 is 0 Å². The summed E-state index contributed by atoms with van der Waals surface area (Å²) in [6, 6.07) is 13.0. The van der Waals surface area contributed by atoms with E-state index in [0.29, 0.717) is 19.4 Å². The van der Waals surface area contributed by atoms with Crippen molar-refractivity contribution in [1.82, 2.24) is 4.57 Å². The summed E-state index contributed by atoms with van der Waals surface area (Å²) in [5, 5.41) is 0. The topological polar surface area (TPSA) is 39.1 Å². The summed E-state index contributed by atoms with van der Waals surface area (Å²) in [4.78, 5) is 24.1. The van der Waals surface area contributed by atoms with Crippen LogP contribution in [-0.4, -0.2) is 10.4 Å². The molecule has 3 rings (SSSR count). The number of hydrogen-bond acceptors (Lipinski definition) is 2. The Morgan fingerprint density at radius 3 is 2.67 bits per heavy atom. The molecule has 0 radical (unpaired) electrons. The molecule has 3 heteroatoms. The lowest BCUT2D eigenvalue weighted by Crippen LogP contribution is -2.23. The molecule has 0 fully saturated rings. The molecule has 0 aliphatic heterocycles. The Hall–Kier alpha value is -2.16. The maximum Gasteiger partial charge on any atom is 0.250 e. The molecule has 2 aromatic rings. The zero-order valence-electron chi connectivity index (χ0n) is 12.0. The second kappa shape index (κ2) is 6.08. The van der Waals surface area contributed by atoms with E-state index in [0.717, 1.165) is 24.8 Å². The maximum absolute atomic E-state index is 12.1. The van der Waals surface area contributed by atoms with Gasteiger partial charge >= 0.3 is 0 Å². The van der Waals surface area contributed by atoms with E-state index < -0.39 is 0 Å². The van der Waals surface area contributed by atoms with Gasteiger partial charge in [0, 0.05) is 30.3 Å². The maximum atomic E-state index is 12.1. The molecule has 1 aromatic heterocycles. The Kier molecular flexibility index (Phi) is 4.00. The predicted molar refractivity (Wildman–Crippen MR) is 82.7 cm³/mol. The van der Waals surface area contributed by atoms with Crippen molar-refractivity contribution >= 4 is 5.78 Å². The van der Waals surface area contributed by atoms with Crippen LogP contribution in [0.25, 0.3) is 0 Å². The van der Waals surface area contributed by atoms with E-state index in [1.165, 1.54) is 11.3 Å². The van der Waals surface area contributed by atoms with E-state index in [1.807, 2.05) is 41.0 Å².